The van der Waals surface area contributed by atoms with Gasteiger partial charge in [-0.2, -0.15) is 8.78 Å². The van der Waals surface area contributed by atoms with Crippen LogP contribution in [0.25, 0.3) is 0 Å². The number of benzene rings is 1. The number of anilines is 1. The molecule has 2 rings (SSSR count). The summed E-state index contributed by atoms with van der Waals surface area (Å²) in [5.74, 6) is -0.297. The number of halogens is 3. The van der Waals surface area contributed by atoms with Gasteiger partial charge in [0.05, 0.1) is 10.9 Å². The monoisotopic (exact) mass is 304 g/mol. The summed E-state index contributed by atoms with van der Waals surface area (Å²) in [7, 11) is 0. The molecule has 0 bridgehead atoms. The highest BCUT2D eigenvalue weighted by molar-refractivity contribution is 6.32. The second-order valence-corrected chi connectivity index (χ2v) is 4.96. The first-order valence-electron chi connectivity index (χ1n) is 6.32. The Morgan fingerprint density at radius 3 is 2.90 bits per heavy atom. The van der Waals surface area contributed by atoms with Crippen LogP contribution in [0.4, 0.5) is 14.5 Å². The number of rotatable bonds is 4. The summed E-state index contributed by atoms with van der Waals surface area (Å²) in [6.45, 7) is -1.36. The van der Waals surface area contributed by atoms with Gasteiger partial charge in [0.25, 0.3) is 0 Å². The first-order valence-corrected chi connectivity index (χ1v) is 6.70. The zero-order chi connectivity index (χ0) is 14.5. The van der Waals surface area contributed by atoms with Crippen molar-refractivity contribution in [2.24, 2.45) is 5.92 Å². The standard InChI is InChI=1S/C13H15ClF2N2O2/c14-10-6-9(3-4-11(10)20-13(15)16)18-12(19)8-2-1-5-17-7-8/h3-4,6,8,13,17H,1-2,5,7H2,(H,18,19)/t8-/m1/s1. The van der Waals surface area contributed by atoms with Crippen molar-refractivity contribution in [1.29, 1.82) is 0 Å². The van der Waals surface area contributed by atoms with Gasteiger partial charge in [0.15, 0.2) is 0 Å². The molecule has 0 unspecified atom stereocenters. The van der Waals surface area contributed by atoms with Crippen LogP contribution >= 0.6 is 11.6 Å². The van der Waals surface area contributed by atoms with Crippen LogP contribution in [-0.4, -0.2) is 25.6 Å². The number of nitrogens with one attached hydrogen (secondary N) is 2. The SMILES string of the molecule is O=C(Nc1ccc(OC(F)F)c(Cl)c1)[C@@H]1CCCNC1. The molecule has 1 aromatic carbocycles. The van der Waals surface area contributed by atoms with Gasteiger partial charge in [-0.25, -0.2) is 0 Å². The summed E-state index contributed by atoms with van der Waals surface area (Å²) < 4.78 is 28.4. The maximum Gasteiger partial charge on any atom is 0.387 e. The Morgan fingerprint density at radius 2 is 2.30 bits per heavy atom. The number of carbonyl (C=O) groups is 1. The molecule has 0 aromatic heterocycles. The van der Waals surface area contributed by atoms with Gasteiger partial charge in [-0.15, -0.1) is 0 Å². The molecule has 1 heterocycles. The molecule has 1 aliphatic heterocycles. The van der Waals surface area contributed by atoms with Crippen LogP contribution in [-0.2, 0) is 4.79 Å². The molecule has 7 heteroatoms. The van der Waals surface area contributed by atoms with Crippen LogP contribution in [0, 0.1) is 5.92 Å². The van der Waals surface area contributed by atoms with E-state index in [4.69, 9.17) is 11.6 Å². The second kappa shape index (κ2) is 6.85. The third-order valence-corrected chi connectivity index (χ3v) is 3.38. The van der Waals surface area contributed by atoms with Crippen LogP contribution in [0.3, 0.4) is 0 Å². The Labute approximate surface area is 120 Å². The summed E-state index contributed by atoms with van der Waals surface area (Å²) in [5.41, 5.74) is 0.465. The van der Waals surface area contributed by atoms with Crippen molar-refractivity contribution in [2.45, 2.75) is 19.5 Å². The van der Waals surface area contributed by atoms with Gasteiger partial charge >= 0.3 is 6.61 Å². The first-order chi connectivity index (χ1) is 9.56. The van der Waals surface area contributed by atoms with Crippen molar-refractivity contribution in [3.8, 4) is 5.75 Å². The predicted molar refractivity (Wildman–Crippen MR) is 72.3 cm³/mol. The van der Waals surface area contributed by atoms with Crippen molar-refractivity contribution in [3.05, 3.63) is 23.2 Å². The number of amides is 1. The maximum absolute atomic E-state index is 12.1. The zero-order valence-corrected chi connectivity index (χ0v) is 11.4. The fourth-order valence-electron chi connectivity index (χ4n) is 2.09. The van der Waals surface area contributed by atoms with E-state index in [1.807, 2.05) is 0 Å². The fourth-order valence-corrected chi connectivity index (χ4v) is 2.32. The fraction of sp³-hybridized carbons (Fsp3) is 0.462. The second-order valence-electron chi connectivity index (χ2n) is 4.56. The first kappa shape index (κ1) is 15.0. The summed E-state index contributed by atoms with van der Waals surface area (Å²) in [6.07, 6.45) is 1.79. The van der Waals surface area contributed by atoms with E-state index in [-0.39, 0.29) is 22.6 Å². The van der Waals surface area contributed by atoms with Gasteiger partial charge in [0, 0.05) is 12.2 Å². The number of piperidine rings is 1. The van der Waals surface area contributed by atoms with E-state index in [0.717, 1.165) is 19.4 Å². The lowest BCUT2D eigenvalue weighted by atomic mass is 9.99. The third kappa shape index (κ3) is 4.05. The molecule has 0 aliphatic carbocycles. The predicted octanol–water partition coefficient (Wildman–Crippen LogP) is 2.88. The molecule has 1 fully saturated rings. The van der Waals surface area contributed by atoms with Crippen LogP contribution in [0.1, 0.15) is 12.8 Å². The summed E-state index contributed by atoms with van der Waals surface area (Å²) >= 11 is 5.82. The average molecular weight is 305 g/mol. The number of ether oxygens (including phenoxy) is 1. The number of alkyl halides is 2. The van der Waals surface area contributed by atoms with E-state index < -0.39 is 6.61 Å². The van der Waals surface area contributed by atoms with Gasteiger partial charge in [-0.3, -0.25) is 4.79 Å². The lowest BCUT2D eigenvalue weighted by Gasteiger charge is -2.22. The highest BCUT2D eigenvalue weighted by atomic mass is 35.5. The molecule has 110 valence electrons. The Bertz CT molecular complexity index is 479. The molecule has 4 nitrogen and oxygen atoms in total. The normalized spacial score (nSPS) is 18.9. The smallest absolute Gasteiger partial charge is 0.387 e. The number of carbonyl (C=O) groups excluding carboxylic acids is 1. The minimum Gasteiger partial charge on any atom is -0.433 e. The van der Waals surface area contributed by atoms with Crippen LogP contribution in [0.2, 0.25) is 5.02 Å². The molecule has 20 heavy (non-hydrogen) atoms. The largest absolute Gasteiger partial charge is 0.433 e. The number of hydrogen-bond donors (Lipinski definition) is 2. The topological polar surface area (TPSA) is 50.4 Å². The molecule has 0 radical (unpaired) electrons. The van der Waals surface area contributed by atoms with Gasteiger partial charge in [0.2, 0.25) is 5.91 Å². The molecule has 0 saturated carbocycles. The molecular weight excluding hydrogens is 290 g/mol. The molecule has 0 spiro atoms. The van der Waals surface area contributed by atoms with E-state index in [1.165, 1.54) is 18.2 Å². The maximum atomic E-state index is 12.1. The van der Waals surface area contributed by atoms with Gasteiger partial charge in [-0.05, 0) is 37.6 Å². The van der Waals surface area contributed by atoms with E-state index in [1.54, 1.807) is 0 Å². The summed E-state index contributed by atoms with van der Waals surface area (Å²) in [4.78, 5) is 12.0. The summed E-state index contributed by atoms with van der Waals surface area (Å²) in [6, 6.07) is 4.19. The van der Waals surface area contributed by atoms with Gasteiger partial charge in [-0.1, -0.05) is 11.6 Å². The molecule has 1 saturated heterocycles. The average Bonchev–Trinajstić information content (AvgIpc) is 2.42. The third-order valence-electron chi connectivity index (χ3n) is 3.08. The molecule has 1 amide bonds. The highest BCUT2D eigenvalue weighted by Crippen LogP contribution is 2.29. The van der Waals surface area contributed by atoms with E-state index in [0.29, 0.717) is 12.2 Å². The molecule has 1 atom stereocenters. The van der Waals surface area contributed by atoms with Crippen molar-refractivity contribution >= 4 is 23.2 Å². The Balaban J connectivity index is 1.99. The van der Waals surface area contributed by atoms with Crippen LogP contribution < -0.4 is 15.4 Å². The lowest BCUT2D eigenvalue weighted by molar-refractivity contribution is -0.120. The van der Waals surface area contributed by atoms with Gasteiger partial charge in [0.1, 0.15) is 5.75 Å². The van der Waals surface area contributed by atoms with Crippen molar-refractivity contribution in [3.63, 3.8) is 0 Å². The molecule has 1 aromatic rings. The van der Waals surface area contributed by atoms with E-state index in [9.17, 15) is 13.6 Å². The molecule has 2 N–H and O–H groups in total. The van der Waals surface area contributed by atoms with Crippen molar-refractivity contribution < 1.29 is 18.3 Å². The minimum atomic E-state index is -2.93. The van der Waals surface area contributed by atoms with Crippen LogP contribution in [0.15, 0.2) is 18.2 Å². The highest BCUT2D eigenvalue weighted by Gasteiger charge is 2.21. The minimum absolute atomic E-state index is 0.0323. The van der Waals surface area contributed by atoms with Crippen molar-refractivity contribution in [1.82, 2.24) is 5.32 Å². The van der Waals surface area contributed by atoms with E-state index in [2.05, 4.69) is 15.4 Å². The molecular formula is C13H15ClF2N2O2. The Morgan fingerprint density at radius 1 is 1.50 bits per heavy atom. The number of hydrogen-bond acceptors (Lipinski definition) is 3. The van der Waals surface area contributed by atoms with Gasteiger partial charge < -0.3 is 15.4 Å². The Hall–Kier alpha value is -1.40. The van der Waals surface area contributed by atoms with Crippen molar-refractivity contribution in [2.75, 3.05) is 18.4 Å². The zero-order valence-electron chi connectivity index (χ0n) is 10.7. The van der Waals surface area contributed by atoms with Crippen LogP contribution in [0.5, 0.6) is 5.75 Å². The quantitative estimate of drug-likeness (QED) is 0.899. The lowest BCUT2D eigenvalue weighted by Crippen LogP contribution is -2.37. The molecule has 1 aliphatic rings. The summed E-state index contributed by atoms with van der Waals surface area (Å²) in [5, 5.41) is 5.91. The Kier molecular flexibility index (Phi) is 5.14. The van der Waals surface area contributed by atoms with E-state index >= 15 is 0 Å².